The summed E-state index contributed by atoms with van der Waals surface area (Å²) in [5.74, 6) is -0.0597. The molecule has 0 atom stereocenters. The Morgan fingerprint density at radius 2 is 2.40 bits per heavy atom. The summed E-state index contributed by atoms with van der Waals surface area (Å²) < 4.78 is 0. The quantitative estimate of drug-likeness (QED) is 0.604. The molecule has 84 valence electrons. The Morgan fingerprint density at radius 3 is 3.00 bits per heavy atom. The highest BCUT2D eigenvalue weighted by atomic mass is 32.1. The average Bonchev–Trinajstić information content (AvgIpc) is 2.62. The van der Waals surface area contributed by atoms with E-state index in [4.69, 9.17) is 0 Å². The van der Waals surface area contributed by atoms with Crippen LogP contribution in [0.15, 0.2) is 10.2 Å². The Kier molecular flexibility index (Phi) is 5.06. The van der Waals surface area contributed by atoms with Crippen LogP contribution in [0, 0.1) is 0 Å². The first-order valence-corrected chi connectivity index (χ1v) is 5.74. The van der Waals surface area contributed by atoms with Gasteiger partial charge in [0, 0.05) is 11.1 Å². The molecular weight excluding hydrogens is 214 g/mol. The third kappa shape index (κ3) is 4.75. The van der Waals surface area contributed by atoms with Crippen LogP contribution < -0.4 is 15.5 Å². The van der Waals surface area contributed by atoms with E-state index in [9.17, 15) is 9.59 Å². The van der Waals surface area contributed by atoms with Crippen LogP contribution in [0.2, 0.25) is 0 Å². The summed E-state index contributed by atoms with van der Waals surface area (Å²) in [6.07, 6.45) is 1.01. The van der Waals surface area contributed by atoms with Crippen molar-refractivity contribution in [3.8, 4) is 0 Å². The highest BCUT2D eigenvalue weighted by Crippen LogP contribution is 1.93. The molecule has 0 saturated heterocycles. The van der Waals surface area contributed by atoms with Gasteiger partial charge in [-0.2, -0.15) is 0 Å². The van der Waals surface area contributed by atoms with Crippen molar-refractivity contribution >= 4 is 17.2 Å². The minimum absolute atomic E-state index is 0.0597. The van der Waals surface area contributed by atoms with Gasteiger partial charge in [-0.15, -0.1) is 0 Å². The molecule has 1 amide bonds. The number of hydrogen-bond acceptors (Lipinski definition) is 4. The maximum Gasteiger partial charge on any atom is 0.304 e. The minimum Gasteiger partial charge on any atom is -0.349 e. The standard InChI is InChI=1S/C9H15N3O2S/c1-2-3-10-5-8(13)11-4-7-6-15-9(14)12-7/h6,10H,2-5H2,1H3,(H,11,13)(H,12,14). The van der Waals surface area contributed by atoms with Gasteiger partial charge in [0.1, 0.15) is 0 Å². The molecule has 0 aliphatic rings. The van der Waals surface area contributed by atoms with Crippen molar-refractivity contribution in [3.05, 3.63) is 20.7 Å². The molecule has 1 aromatic heterocycles. The van der Waals surface area contributed by atoms with Gasteiger partial charge in [0.05, 0.1) is 13.1 Å². The van der Waals surface area contributed by atoms with Crippen molar-refractivity contribution in [3.63, 3.8) is 0 Å². The van der Waals surface area contributed by atoms with Gasteiger partial charge in [-0.25, -0.2) is 0 Å². The van der Waals surface area contributed by atoms with E-state index >= 15 is 0 Å². The summed E-state index contributed by atoms with van der Waals surface area (Å²) >= 11 is 1.10. The molecule has 1 heterocycles. The van der Waals surface area contributed by atoms with Crippen molar-refractivity contribution in [2.45, 2.75) is 19.9 Å². The van der Waals surface area contributed by atoms with E-state index in [1.165, 1.54) is 0 Å². The zero-order valence-corrected chi connectivity index (χ0v) is 9.45. The zero-order valence-electron chi connectivity index (χ0n) is 8.63. The molecule has 0 bridgehead atoms. The van der Waals surface area contributed by atoms with Crippen LogP contribution in [-0.2, 0) is 11.3 Å². The fourth-order valence-electron chi connectivity index (χ4n) is 1.04. The number of amides is 1. The SMILES string of the molecule is CCCNCC(=O)NCc1csc(=O)[nH]1. The van der Waals surface area contributed by atoms with Crippen LogP contribution in [0.3, 0.4) is 0 Å². The van der Waals surface area contributed by atoms with E-state index < -0.39 is 0 Å². The molecular formula is C9H15N3O2S. The van der Waals surface area contributed by atoms with Crippen molar-refractivity contribution in [2.75, 3.05) is 13.1 Å². The molecule has 3 N–H and O–H groups in total. The zero-order chi connectivity index (χ0) is 11.1. The molecule has 5 nitrogen and oxygen atoms in total. The lowest BCUT2D eigenvalue weighted by Gasteiger charge is -2.04. The Labute approximate surface area is 91.9 Å². The second-order valence-corrected chi connectivity index (χ2v) is 3.97. The predicted octanol–water partition coefficient (Wildman–Crippen LogP) is 0.0522. The van der Waals surface area contributed by atoms with Gasteiger partial charge >= 0.3 is 4.87 Å². The highest BCUT2D eigenvalue weighted by Gasteiger charge is 2.01. The molecule has 0 aliphatic heterocycles. The maximum absolute atomic E-state index is 11.2. The summed E-state index contributed by atoms with van der Waals surface area (Å²) in [6, 6.07) is 0. The molecule has 15 heavy (non-hydrogen) atoms. The number of carbonyl (C=O) groups excluding carboxylic acids is 1. The van der Waals surface area contributed by atoms with Gasteiger partial charge in [0.15, 0.2) is 0 Å². The van der Waals surface area contributed by atoms with Crippen molar-refractivity contribution in [2.24, 2.45) is 0 Å². The minimum atomic E-state index is -0.0941. The first-order valence-electron chi connectivity index (χ1n) is 4.86. The lowest BCUT2D eigenvalue weighted by atomic mass is 10.4. The normalized spacial score (nSPS) is 10.2. The molecule has 0 aliphatic carbocycles. The smallest absolute Gasteiger partial charge is 0.304 e. The van der Waals surface area contributed by atoms with Crippen molar-refractivity contribution in [1.29, 1.82) is 0 Å². The summed E-state index contributed by atoms with van der Waals surface area (Å²) in [4.78, 5) is 24.6. The number of aromatic nitrogens is 1. The van der Waals surface area contributed by atoms with Crippen LogP contribution in [0.5, 0.6) is 0 Å². The van der Waals surface area contributed by atoms with Gasteiger partial charge in [0.2, 0.25) is 5.91 Å². The van der Waals surface area contributed by atoms with Crippen LogP contribution >= 0.6 is 11.3 Å². The van der Waals surface area contributed by atoms with Gasteiger partial charge in [-0.05, 0) is 13.0 Å². The van der Waals surface area contributed by atoms with Crippen LogP contribution in [0.4, 0.5) is 0 Å². The Bertz CT molecular complexity index is 358. The van der Waals surface area contributed by atoms with Crippen LogP contribution in [0.25, 0.3) is 0 Å². The second kappa shape index (κ2) is 6.36. The lowest BCUT2D eigenvalue weighted by molar-refractivity contribution is -0.120. The van der Waals surface area contributed by atoms with E-state index in [0.717, 1.165) is 30.0 Å². The molecule has 0 saturated carbocycles. The lowest BCUT2D eigenvalue weighted by Crippen LogP contribution is -2.33. The van der Waals surface area contributed by atoms with Gasteiger partial charge in [0.25, 0.3) is 0 Å². The topological polar surface area (TPSA) is 74.0 Å². The Hall–Kier alpha value is -1.14. The van der Waals surface area contributed by atoms with Crippen molar-refractivity contribution < 1.29 is 4.79 Å². The van der Waals surface area contributed by atoms with Gasteiger partial charge in [-0.1, -0.05) is 18.3 Å². The third-order valence-corrected chi connectivity index (χ3v) is 2.48. The van der Waals surface area contributed by atoms with E-state index in [1.54, 1.807) is 5.38 Å². The van der Waals surface area contributed by atoms with E-state index in [2.05, 4.69) is 15.6 Å². The van der Waals surface area contributed by atoms with E-state index in [0.29, 0.717) is 13.1 Å². The first kappa shape index (κ1) is 11.9. The monoisotopic (exact) mass is 229 g/mol. The molecule has 0 radical (unpaired) electrons. The molecule has 1 aromatic rings. The maximum atomic E-state index is 11.2. The van der Waals surface area contributed by atoms with E-state index in [-0.39, 0.29) is 10.8 Å². The Morgan fingerprint density at radius 1 is 1.60 bits per heavy atom. The fourth-order valence-corrected chi connectivity index (χ4v) is 1.62. The second-order valence-electron chi connectivity index (χ2n) is 3.13. The first-order chi connectivity index (χ1) is 7.22. The molecule has 0 spiro atoms. The number of carbonyl (C=O) groups is 1. The third-order valence-electron chi connectivity index (χ3n) is 1.76. The van der Waals surface area contributed by atoms with Crippen LogP contribution in [0.1, 0.15) is 19.0 Å². The number of hydrogen-bond donors (Lipinski definition) is 3. The molecule has 6 heteroatoms. The molecule has 0 fully saturated rings. The summed E-state index contributed by atoms with van der Waals surface area (Å²) in [5.41, 5.74) is 0.744. The molecule has 1 rings (SSSR count). The van der Waals surface area contributed by atoms with Gasteiger partial charge < -0.3 is 15.6 Å². The summed E-state index contributed by atoms with van der Waals surface area (Å²) in [7, 11) is 0. The summed E-state index contributed by atoms with van der Waals surface area (Å²) in [6.45, 7) is 3.58. The summed E-state index contributed by atoms with van der Waals surface area (Å²) in [5, 5.41) is 7.41. The predicted molar refractivity (Wildman–Crippen MR) is 59.9 cm³/mol. The number of nitrogens with one attached hydrogen (secondary N) is 3. The molecule has 0 aromatic carbocycles. The van der Waals surface area contributed by atoms with E-state index in [1.807, 2.05) is 6.92 Å². The van der Waals surface area contributed by atoms with Gasteiger partial charge in [-0.3, -0.25) is 9.59 Å². The van der Waals surface area contributed by atoms with Crippen molar-refractivity contribution in [1.82, 2.24) is 15.6 Å². The fraction of sp³-hybridized carbons (Fsp3) is 0.556. The Balaban J connectivity index is 2.19. The number of aromatic amines is 1. The number of H-pyrrole nitrogens is 1. The number of thiazole rings is 1. The number of rotatable bonds is 6. The largest absolute Gasteiger partial charge is 0.349 e. The molecule has 0 unspecified atom stereocenters. The average molecular weight is 229 g/mol. The van der Waals surface area contributed by atoms with Crippen LogP contribution in [-0.4, -0.2) is 24.0 Å². The highest BCUT2D eigenvalue weighted by molar-refractivity contribution is 7.07.